The number of amides is 1. The first-order valence-electron chi connectivity index (χ1n) is 5.43. The Morgan fingerprint density at radius 1 is 1.29 bits per heavy atom. The molecule has 2 aromatic rings. The van der Waals surface area contributed by atoms with Crippen LogP contribution < -0.4 is 5.32 Å². The van der Waals surface area contributed by atoms with Crippen molar-refractivity contribution < 1.29 is 9.32 Å². The van der Waals surface area contributed by atoms with Crippen LogP contribution in [0, 0.1) is 13.8 Å². The Morgan fingerprint density at radius 2 is 2.00 bits per heavy atom. The maximum absolute atomic E-state index is 11.8. The summed E-state index contributed by atoms with van der Waals surface area (Å²) >= 11 is 0. The molecule has 0 saturated carbocycles. The number of carbonyl (C=O) groups is 1. The third-order valence-electron chi connectivity index (χ3n) is 2.64. The third kappa shape index (κ3) is 2.53. The van der Waals surface area contributed by atoms with E-state index < -0.39 is 0 Å². The Morgan fingerprint density at radius 3 is 2.59 bits per heavy atom. The summed E-state index contributed by atoms with van der Waals surface area (Å²) in [5.74, 6) is 0.654. The van der Waals surface area contributed by atoms with E-state index in [2.05, 4.69) is 10.5 Å². The van der Waals surface area contributed by atoms with Crippen LogP contribution in [0.3, 0.4) is 0 Å². The zero-order valence-corrected chi connectivity index (χ0v) is 9.86. The lowest BCUT2D eigenvalue weighted by Crippen LogP contribution is -2.23. The minimum absolute atomic E-state index is 0.0920. The minimum Gasteiger partial charge on any atom is -0.361 e. The molecular weight excluding hydrogens is 216 g/mol. The Labute approximate surface area is 99.6 Å². The first kappa shape index (κ1) is 11.4. The molecule has 0 aliphatic carbocycles. The van der Waals surface area contributed by atoms with Gasteiger partial charge in [-0.15, -0.1) is 0 Å². The van der Waals surface area contributed by atoms with E-state index in [-0.39, 0.29) is 5.91 Å². The van der Waals surface area contributed by atoms with E-state index in [0.29, 0.717) is 12.1 Å². The van der Waals surface area contributed by atoms with Crippen LogP contribution in [0.1, 0.15) is 27.4 Å². The van der Waals surface area contributed by atoms with Crippen LogP contribution in [0.15, 0.2) is 34.9 Å². The highest BCUT2D eigenvalue weighted by Gasteiger charge is 2.10. The summed E-state index contributed by atoms with van der Waals surface area (Å²) < 4.78 is 5.03. The first-order valence-corrected chi connectivity index (χ1v) is 5.43. The van der Waals surface area contributed by atoms with Gasteiger partial charge >= 0.3 is 0 Å². The monoisotopic (exact) mass is 230 g/mol. The lowest BCUT2D eigenvalue weighted by atomic mass is 10.2. The molecule has 1 aromatic carbocycles. The van der Waals surface area contributed by atoms with Gasteiger partial charge in [-0.25, -0.2) is 0 Å². The van der Waals surface area contributed by atoms with E-state index in [4.69, 9.17) is 4.52 Å². The van der Waals surface area contributed by atoms with Gasteiger partial charge in [-0.05, 0) is 26.0 Å². The maximum atomic E-state index is 11.8. The molecule has 4 nitrogen and oxygen atoms in total. The van der Waals surface area contributed by atoms with Crippen LogP contribution >= 0.6 is 0 Å². The molecule has 0 spiro atoms. The molecule has 0 atom stereocenters. The summed E-state index contributed by atoms with van der Waals surface area (Å²) in [5.41, 5.74) is 2.41. The molecule has 0 fully saturated rings. The Hall–Kier alpha value is -2.10. The normalized spacial score (nSPS) is 10.2. The van der Waals surface area contributed by atoms with E-state index in [0.717, 1.165) is 17.0 Å². The summed E-state index contributed by atoms with van der Waals surface area (Å²) in [6.07, 6.45) is 0. The van der Waals surface area contributed by atoms with Crippen LogP contribution in [-0.4, -0.2) is 11.1 Å². The minimum atomic E-state index is -0.0920. The molecule has 1 N–H and O–H groups in total. The van der Waals surface area contributed by atoms with Crippen molar-refractivity contribution in [3.8, 4) is 0 Å². The zero-order valence-electron chi connectivity index (χ0n) is 9.86. The summed E-state index contributed by atoms with van der Waals surface area (Å²) in [4.78, 5) is 11.8. The van der Waals surface area contributed by atoms with Gasteiger partial charge in [0.1, 0.15) is 5.76 Å². The van der Waals surface area contributed by atoms with Crippen LogP contribution in [0.5, 0.6) is 0 Å². The van der Waals surface area contributed by atoms with Crippen molar-refractivity contribution in [3.05, 3.63) is 52.9 Å². The average molecular weight is 230 g/mol. The second-order valence-corrected chi connectivity index (χ2v) is 3.85. The van der Waals surface area contributed by atoms with Crippen molar-refractivity contribution >= 4 is 5.91 Å². The summed E-state index contributed by atoms with van der Waals surface area (Å²) in [7, 11) is 0. The number of hydrogen-bond acceptors (Lipinski definition) is 3. The van der Waals surface area contributed by atoms with Crippen molar-refractivity contribution in [1.82, 2.24) is 10.5 Å². The van der Waals surface area contributed by atoms with Crippen LogP contribution in [0.2, 0.25) is 0 Å². The largest absolute Gasteiger partial charge is 0.361 e. The van der Waals surface area contributed by atoms with Gasteiger partial charge in [0.05, 0.1) is 5.69 Å². The zero-order chi connectivity index (χ0) is 12.3. The van der Waals surface area contributed by atoms with Gasteiger partial charge in [0.2, 0.25) is 0 Å². The molecule has 17 heavy (non-hydrogen) atoms. The van der Waals surface area contributed by atoms with Crippen molar-refractivity contribution in [2.45, 2.75) is 20.4 Å². The lowest BCUT2D eigenvalue weighted by Gasteiger charge is -2.04. The summed E-state index contributed by atoms with van der Waals surface area (Å²) in [5, 5.41) is 6.68. The number of aromatic nitrogens is 1. The van der Waals surface area contributed by atoms with Gasteiger partial charge < -0.3 is 9.84 Å². The van der Waals surface area contributed by atoms with E-state index in [1.54, 1.807) is 12.1 Å². The molecule has 1 amide bonds. The molecule has 1 aromatic heterocycles. The van der Waals surface area contributed by atoms with E-state index in [1.807, 2.05) is 32.0 Å². The molecule has 0 aliphatic rings. The fourth-order valence-corrected chi connectivity index (χ4v) is 1.61. The van der Waals surface area contributed by atoms with Gasteiger partial charge in [0.15, 0.2) is 0 Å². The van der Waals surface area contributed by atoms with Gasteiger partial charge in [-0.3, -0.25) is 4.79 Å². The Balaban J connectivity index is 2.02. The van der Waals surface area contributed by atoms with Gasteiger partial charge in [0.25, 0.3) is 5.91 Å². The highest BCUT2D eigenvalue weighted by molar-refractivity contribution is 5.94. The second-order valence-electron chi connectivity index (χ2n) is 3.85. The lowest BCUT2D eigenvalue weighted by molar-refractivity contribution is 0.0951. The summed E-state index contributed by atoms with van der Waals surface area (Å²) in [6.45, 7) is 4.14. The highest BCUT2D eigenvalue weighted by Crippen LogP contribution is 2.11. The second kappa shape index (κ2) is 4.82. The molecule has 2 rings (SSSR count). The fraction of sp³-hybridized carbons (Fsp3) is 0.231. The molecule has 0 aliphatic heterocycles. The number of nitrogens with zero attached hydrogens (tertiary/aromatic N) is 1. The predicted octanol–water partition coefficient (Wildman–Crippen LogP) is 2.22. The van der Waals surface area contributed by atoms with Crippen molar-refractivity contribution in [2.75, 3.05) is 0 Å². The van der Waals surface area contributed by atoms with Gasteiger partial charge in [0, 0.05) is 17.7 Å². The number of carbonyl (C=O) groups excluding carboxylic acids is 1. The molecule has 1 heterocycles. The van der Waals surface area contributed by atoms with E-state index in [9.17, 15) is 4.79 Å². The quantitative estimate of drug-likeness (QED) is 0.879. The maximum Gasteiger partial charge on any atom is 0.251 e. The molecular formula is C13H14N2O2. The average Bonchev–Trinajstić information content (AvgIpc) is 2.67. The molecule has 0 radical (unpaired) electrons. The molecule has 4 heteroatoms. The van der Waals surface area contributed by atoms with E-state index in [1.165, 1.54) is 0 Å². The van der Waals surface area contributed by atoms with Crippen molar-refractivity contribution in [3.63, 3.8) is 0 Å². The van der Waals surface area contributed by atoms with E-state index >= 15 is 0 Å². The van der Waals surface area contributed by atoms with Gasteiger partial charge in [-0.2, -0.15) is 0 Å². The number of benzene rings is 1. The predicted molar refractivity (Wildman–Crippen MR) is 63.6 cm³/mol. The van der Waals surface area contributed by atoms with Gasteiger partial charge in [-0.1, -0.05) is 23.4 Å². The fourth-order valence-electron chi connectivity index (χ4n) is 1.61. The Bertz CT molecular complexity index is 498. The molecule has 0 saturated heterocycles. The summed E-state index contributed by atoms with van der Waals surface area (Å²) in [6, 6.07) is 9.12. The number of nitrogens with one attached hydrogen (secondary N) is 1. The number of hydrogen-bond donors (Lipinski definition) is 1. The van der Waals surface area contributed by atoms with Crippen molar-refractivity contribution in [1.29, 1.82) is 0 Å². The highest BCUT2D eigenvalue weighted by atomic mass is 16.5. The standard InChI is InChI=1S/C13H14N2O2/c1-9-12(10(2)17-15-9)8-14-13(16)11-6-4-3-5-7-11/h3-7H,8H2,1-2H3,(H,14,16). The SMILES string of the molecule is Cc1noc(C)c1CNC(=O)c1ccccc1. The van der Waals surface area contributed by atoms with Crippen molar-refractivity contribution in [2.24, 2.45) is 0 Å². The number of rotatable bonds is 3. The van der Waals surface area contributed by atoms with Crippen LogP contribution in [0.4, 0.5) is 0 Å². The molecule has 88 valence electrons. The van der Waals surface area contributed by atoms with Crippen LogP contribution in [-0.2, 0) is 6.54 Å². The third-order valence-corrected chi connectivity index (χ3v) is 2.64. The molecule has 0 bridgehead atoms. The molecule has 0 unspecified atom stereocenters. The van der Waals surface area contributed by atoms with Crippen LogP contribution in [0.25, 0.3) is 0 Å². The topological polar surface area (TPSA) is 55.1 Å². The first-order chi connectivity index (χ1) is 8.18. The smallest absolute Gasteiger partial charge is 0.251 e. The number of aryl methyl sites for hydroxylation is 2. The Kier molecular flexibility index (Phi) is 3.23.